The van der Waals surface area contributed by atoms with Crippen molar-refractivity contribution in [2.75, 3.05) is 13.2 Å². The van der Waals surface area contributed by atoms with Crippen LogP contribution in [0, 0.1) is 12.8 Å². The number of Topliss-reactive ketones (excluding diaryl/α,β-unsaturated/α-hetero) is 1. The van der Waals surface area contributed by atoms with Crippen LogP contribution in [-0.2, 0) is 9.53 Å². The van der Waals surface area contributed by atoms with Gasteiger partial charge in [-0.2, -0.15) is 0 Å². The standard InChI is InChI=1S/C23H27NO4/c1-15(2)11-20(21(26)23(13-25)14-28-23)24-22(27)19-12-18(10-9-16(19)3)17-7-5-4-6-8-17/h4-10,12,15,20,25H,11,13-14H2,1-3H3,(H,24,27). The van der Waals surface area contributed by atoms with Gasteiger partial charge in [0.15, 0.2) is 11.4 Å². The van der Waals surface area contributed by atoms with E-state index < -0.39 is 11.6 Å². The summed E-state index contributed by atoms with van der Waals surface area (Å²) in [5.74, 6) is -0.336. The number of carbonyl (C=O) groups is 2. The SMILES string of the molecule is Cc1ccc(-c2ccccc2)cc1C(=O)NC(CC(C)C)C(=O)C1(CO)CO1. The van der Waals surface area contributed by atoms with Crippen molar-refractivity contribution in [1.82, 2.24) is 5.32 Å². The van der Waals surface area contributed by atoms with E-state index in [0.29, 0.717) is 12.0 Å². The van der Waals surface area contributed by atoms with Crippen LogP contribution in [0.3, 0.4) is 0 Å². The van der Waals surface area contributed by atoms with Crippen LogP contribution in [0.1, 0.15) is 36.2 Å². The van der Waals surface area contributed by atoms with Gasteiger partial charge in [-0.3, -0.25) is 9.59 Å². The molecule has 2 unspecified atom stereocenters. The molecule has 5 nitrogen and oxygen atoms in total. The number of carbonyl (C=O) groups excluding carboxylic acids is 2. The Morgan fingerprint density at radius 2 is 1.82 bits per heavy atom. The molecule has 5 heteroatoms. The number of ether oxygens (including phenoxy) is 1. The predicted molar refractivity (Wildman–Crippen MR) is 108 cm³/mol. The molecule has 1 amide bonds. The fourth-order valence-electron chi connectivity index (χ4n) is 3.33. The summed E-state index contributed by atoms with van der Waals surface area (Å²) < 4.78 is 5.21. The number of aryl methyl sites for hydroxylation is 1. The first kappa shape index (κ1) is 20.2. The summed E-state index contributed by atoms with van der Waals surface area (Å²) in [6.45, 7) is 5.70. The predicted octanol–water partition coefficient (Wildman–Crippen LogP) is 3.14. The van der Waals surface area contributed by atoms with Gasteiger partial charge in [0.1, 0.15) is 0 Å². The molecule has 0 spiro atoms. The molecule has 0 saturated carbocycles. The zero-order valence-corrected chi connectivity index (χ0v) is 16.6. The number of aliphatic hydroxyl groups is 1. The number of amides is 1. The van der Waals surface area contributed by atoms with Gasteiger partial charge in [0.25, 0.3) is 5.91 Å². The molecule has 1 saturated heterocycles. The lowest BCUT2D eigenvalue weighted by Gasteiger charge is -2.22. The second-order valence-corrected chi connectivity index (χ2v) is 7.86. The van der Waals surface area contributed by atoms with Crippen molar-refractivity contribution in [3.05, 3.63) is 59.7 Å². The second-order valence-electron chi connectivity index (χ2n) is 7.86. The highest BCUT2D eigenvalue weighted by Crippen LogP contribution is 2.30. The molecule has 0 aromatic heterocycles. The quantitative estimate of drug-likeness (QED) is 0.689. The summed E-state index contributed by atoms with van der Waals surface area (Å²) in [7, 11) is 0. The van der Waals surface area contributed by atoms with Crippen molar-refractivity contribution in [2.24, 2.45) is 5.92 Å². The van der Waals surface area contributed by atoms with Gasteiger partial charge in [-0.25, -0.2) is 0 Å². The molecular weight excluding hydrogens is 354 g/mol. The maximum atomic E-state index is 13.0. The first-order valence-electron chi connectivity index (χ1n) is 9.62. The minimum Gasteiger partial charge on any atom is -0.393 e. The van der Waals surface area contributed by atoms with Crippen molar-refractivity contribution in [3.63, 3.8) is 0 Å². The summed E-state index contributed by atoms with van der Waals surface area (Å²) in [5, 5.41) is 12.4. The molecule has 2 N–H and O–H groups in total. The second kappa shape index (κ2) is 8.25. The van der Waals surface area contributed by atoms with Crippen LogP contribution in [0.4, 0.5) is 0 Å². The average molecular weight is 381 g/mol. The lowest BCUT2D eigenvalue weighted by molar-refractivity contribution is -0.127. The average Bonchev–Trinajstić information content (AvgIpc) is 3.49. The van der Waals surface area contributed by atoms with Gasteiger partial charge in [-0.15, -0.1) is 0 Å². The van der Waals surface area contributed by atoms with Crippen molar-refractivity contribution in [1.29, 1.82) is 0 Å². The van der Waals surface area contributed by atoms with E-state index in [9.17, 15) is 14.7 Å². The van der Waals surface area contributed by atoms with Gasteiger partial charge in [-0.1, -0.05) is 56.3 Å². The molecule has 2 atom stereocenters. The van der Waals surface area contributed by atoms with Crippen LogP contribution in [0.25, 0.3) is 11.1 Å². The third-order valence-corrected chi connectivity index (χ3v) is 5.12. The lowest BCUT2D eigenvalue weighted by Crippen LogP contribution is -2.49. The minimum atomic E-state index is -1.15. The monoisotopic (exact) mass is 381 g/mol. The van der Waals surface area contributed by atoms with Crippen LogP contribution in [-0.4, -0.2) is 41.7 Å². The molecule has 0 aliphatic carbocycles. The summed E-state index contributed by atoms with van der Waals surface area (Å²) >= 11 is 0. The van der Waals surface area contributed by atoms with E-state index in [0.717, 1.165) is 16.7 Å². The first-order chi connectivity index (χ1) is 13.4. The fraction of sp³-hybridized carbons (Fsp3) is 0.391. The van der Waals surface area contributed by atoms with Gasteiger partial charge in [0.05, 0.1) is 19.3 Å². The highest BCUT2D eigenvalue weighted by molar-refractivity contribution is 6.02. The van der Waals surface area contributed by atoms with E-state index in [2.05, 4.69) is 5.32 Å². The molecule has 1 heterocycles. The maximum Gasteiger partial charge on any atom is 0.252 e. The molecule has 0 bridgehead atoms. The molecule has 0 radical (unpaired) electrons. The number of ketones is 1. The third kappa shape index (κ3) is 4.32. The molecule has 148 valence electrons. The number of nitrogens with one attached hydrogen (secondary N) is 1. The van der Waals surface area contributed by atoms with E-state index in [-0.39, 0.29) is 30.8 Å². The molecule has 1 aliphatic rings. The van der Waals surface area contributed by atoms with Crippen LogP contribution in [0.5, 0.6) is 0 Å². The van der Waals surface area contributed by atoms with Crippen molar-refractivity contribution in [3.8, 4) is 11.1 Å². The summed E-state index contributed by atoms with van der Waals surface area (Å²) in [6, 6.07) is 14.9. The van der Waals surface area contributed by atoms with Crippen LogP contribution in [0.2, 0.25) is 0 Å². The molecular formula is C23H27NO4. The zero-order valence-electron chi connectivity index (χ0n) is 16.6. The fourth-order valence-corrected chi connectivity index (χ4v) is 3.33. The van der Waals surface area contributed by atoms with Crippen molar-refractivity contribution in [2.45, 2.75) is 38.8 Å². The van der Waals surface area contributed by atoms with Gasteiger partial charge in [-0.05, 0) is 42.0 Å². The Kier molecular flexibility index (Phi) is 5.96. The van der Waals surface area contributed by atoms with Crippen molar-refractivity contribution < 1.29 is 19.4 Å². The molecule has 1 fully saturated rings. The number of benzene rings is 2. The van der Waals surface area contributed by atoms with E-state index in [1.807, 2.05) is 69.3 Å². The Hall–Kier alpha value is -2.50. The molecule has 1 aliphatic heterocycles. The zero-order chi connectivity index (χ0) is 20.3. The van der Waals surface area contributed by atoms with Gasteiger partial charge < -0.3 is 15.2 Å². The van der Waals surface area contributed by atoms with Gasteiger partial charge >= 0.3 is 0 Å². The highest BCUT2D eigenvalue weighted by Gasteiger charge is 2.54. The molecule has 28 heavy (non-hydrogen) atoms. The lowest BCUT2D eigenvalue weighted by atomic mass is 9.92. The van der Waals surface area contributed by atoms with E-state index >= 15 is 0 Å². The summed E-state index contributed by atoms with van der Waals surface area (Å²) in [4.78, 5) is 25.8. The number of hydrogen-bond acceptors (Lipinski definition) is 4. The highest BCUT2D eigenvalue weighted by atomic mass is 16.6. The minimum absolute atomic E-state index is 0.204. The Morgan fingerprint density at radius 1 is 1.14 bits per heavy atom. The smallest absolute Gasteiger partial charge is 0.252 e. The van der Waals surface area contributed by atoms with Crippen LogP contribution < -0.4 is 5.32 Å². The summed E-state index contributed by atoms with van der Waals surface area (Å²) in [5.41, 5.74) is 2.20. The Balaban J connectivity index is 1.84. The maximum absolute atomic E-state index is 13.0. The molecule has 2 aromatic rings. The molecule has 3 rings (SSSR count). The van der Waals surface area contributed by atoms with Crippen LogP contribution >= 0.6 is 0 Å². The topological polar surface area (TPSA) is 78.9 Å². The van der Waals surface area contributed by atoms with E-state index in [1.54, 1.807) is 0 Å². The number of hydrogen-bond donors (Lipinski definition) is 2. The normalized spacial score (nSPS) is 19.3. The number of epoxide rings is 1. The number of rotatable bonds is 8. The largest absolute Gasteiger partial charge is 0.393 e. The van der Waals surface area contributed by atoms with E-state index in [4.69, 9.17) is 4.74 Å². The Morgan fingerprint density at radius 3 is 2.39 bits per heavy atom. The number of aliphatic hydroxyl groups excluding tert-OH is 1. The van der Waals surface area contributed by atoms with Gasteiger partial charge in [0.2, 0.25) is 0 Å². The summed E-state index contributed by atoms with van der Waals surface area (Å²) in [6.07, 6.45) is 0.493. The molecule has 2 aromatic carbocycles. The van der Waals surface area contributed by atoms with Gasteiger partial charge in [0, 0.05) is 5.56 Å². The van der Waals surface area contributed by atoms with Crippen molar-refractivity contribution >= 4 is 11.7 Å². The third-order valence-electron chi connectivity index (χ3n) is 5.12. The Labute approximate surface area is 165 Å². The first-order valence-corrected chi connectivity index (χ1v) is 9.62. The Bertz CT molecular complexity index is 856. The van der Waals surface area contributed by atoms with E-state index in [1.165, 1.54) is 0 Å². The van der Waals surface area contributed by atoms with Crippen LogP contribution in [0.15, 0.2) is 48.5 Å².